The molecule has 6 rings (SSSR count). The Morgan fingerprint density at radius 1 is 1.11 bits per heavy atom. The highest BCUT2D eigenvalue weighted by atomic mass is 32.2. The second-order valence-electron chi connectivity index (χ2n) is 10.9. The van der Waals surface area contributed by atoms with Gasteiger partial charge in [-0.15, -0.1) is 18.3 Å². The van der Waals surface area contributed by atoms with Crippen LogP contribution in [-0.2, 0) is 6.42 Å². The first kappa shape index (κ1) is 29.7. The molecule has 1 aromatic heterocycles. The van der Waals surface area contributed by atoms with E-state index in [9.17, 15) is 18.0 Å². The molecule has 1 aliphatic carbocycles. The van der Waals surface area contributed by atoms with Gasteiger partial charge in [-0.2, -0.15) is 4.99 Å². The molecule has 2 fully saturated rings. The van der Waals surface area contributed by atoms with Crippen LogP contribution in [0.2, 0.25) is 0 Å². The number of urea groups is 1. The van der Waals surface area contributed by atoms with Gasteiger partial charge in [-0.1, -0.05) is 61.5 Å². The number of ether oxygens (including phenoxy) is 1. The van der Waals surface area contributed by atoms with E-state index in [2.05, 4.69) is 62.1 Å². The number of hydrogen-bond donors (Lipinski definition) is 1. The number of anilines is 1. The number of amides is 2. The fourth-order valence-electron chi connectivity index (χ4n) is 5.32. The molecule has 228 valence electrons. The Kier molecular flexibility index (Phi) is 8.35. The number of aliphatic imine (C=N–C) groups is 1. The van der Waals surface area contributed by atoms with Crippen molar-refractivity contribution < 1.29 is 22.7 Å². The van der Waals surface area contributed by atoms with Gasteiger partial charge >= 0.3 is 12.4 Å². The fraction of sp³-hybridized carbons (Fsp3) is 0.312. The maximum absolute atomic E-state index is 12.9. The van der Waals surface area contributed by atoms with Gasteiger partial charge in [0.25, 0.3) is 0 Å². The summed E-state index contributed by atoms with van der Waals surface area (Å²) >= 11 is 1.61. The SMILES string of the molecule is CCCc1ccc(C)cc1N1CCS/C1=N\C(=O)NC1CC1c1ccc(-c2ncn(-c3ccc(OC(F)(F)F)cc3)n2)cc1. The average Bonchev–Trinajstić information content (AvgIpc) is 3.34. The highest BCUT2D eigenvalue weighted by Crippen LogP contribution is 2.41. The zero-order valence-electron chi connectivity index (χ0n) is 24.2. The number of aromatic nitrogens is 3. The molecule has 1 aliphatic heterocycles. The molecule has 4 aromatic rings. The number of carbonyl (C=O) groups excluding carboxylic acids is 1. The van der Waals surface area contributed by atoms with E-state index in [1.54, 1.807) is 11.8 Å². The number of amidine groups is 1. The maximum Gasteiger partial charge on any atom is 0.573 e. The normalized spacial score (nSPS) is 18.9. The first-order chi connectivity index (χ1) is 21.2. The topological polar surface area (TPSA) is 84.6 Å². The largest absolute Gasteiger partial charge is 0.573 e. The van der Waals surface area contributed by atoms with Crippen molar-refractivity contribution in [1.29, 1.82) is 0 Å². The number of aryl methyl sites for hydroxylation is 2. The lowest BCUT2D eigenvalue weighted by atomic mass is 10.0. The molecule has 1 N–H and O–H groups in total. The van der Waals surface area contributed by atoms with E-state index in [4.69, 9.17) is 0 Å². The Hall–Kier alpha value is -4.32. The van der Waals surface area contributed by atoms with Gasteiger partial charge in [-0.3, -0.25) is 0 Å². The molecule has 0 bridgehead atoms. The monoisotopic (exact) mass is 620 g/mol. The highest BCUT2D eigenvalue weighted by molar-refractivity contribution is 8.14. The number of thioether (sulfide) groups is 1. The molecule has 0 radical (unpaired) electrons. The molecule has 2 heterocycles. The molecular weight excluding hydrogens is 589 g/mol. The summed E-state index contributed by atoms with van der Waals surface area (Å²) in [6.45, 7) is 5.07. The number of nitrogens with zero attached hydrogens (tertiary/aromatic N) is 5. The van der Waals surface area contributed by atoms with E-state index >= 15 is 0 Å². The summed E-state index contributed by atoms with van der Waals surface area (Å²) in [5, 5.41) is 8.27. The lowest BCUT2D eigenvalue weighted by molar-refractivity contribution is -0.274. The highest BCUT2D eigenvalue weighted by Gasteiger charge is 2.40. The van der Waals surface area contributed by atoms with Crippen molar-refractivity contribution >= 4 is 28.6 Å². The second-order valence-corrected chi connectivity index (χ2v) is 11.9. The van der Waals surface area contributed by atoms with Crippen molar-refractivity contribution in [1.82, 2.24) is 20.1 Å². The number of halogens is 3. The molecule has 12 heteroatoms. The summed E-state index contributed by atoms with van der Waals surface area (Å²) in [6.07, 6.45) is -0.369. The summed E-state index contributed by atoms with van der Waals surface area (Å²) in [6, 6.07) is 19.5. The van der Waals surface area contributed by atoms with E-state index < -0.39 is 6.36 Å². The Balaban J connectivity index is 1.06. The van der Waals surface area contributed by atoms with Crippen molar-refractivity contribution in [2.45, 2.75) is 51.4 Å². The molecule has 3 aromatic carbocycles. The molecular formula is C32H31F3N6O2S. The van der Waals surface area contributed by atoms with Crippen LogP contribution in [0.1, 0.15) is 42.4 Å². The summed E-state index contributed by atoms with van der Waals surface area (Å²) in [5.74, 6) is 1.27. The molecule has 2 amide bonds. The molecule has 0 spiro atoms. The van der Waals surface area contributed by atoms with Gasteiger partial charge in [0.15, 0.2) is 11.0 Å². The van der Waals surface area contributed by atoms with Crippen molar-refractivity contribution in [2.75, 3.05) is 17.2 Å². The summed E-state index contributed by atoms with van der Waals surface area (Å²) in [5.41, 5.74) is 6.05. The van der Waals surface area contributed by atoms with Crippen LogP contribution in [0.15, 0.2) is 78.0 Å². The summed E-state index contributed by atoms with van der Waals surface area (Å²) in [4.78, 5) is 23.9. The molecule has 44 heavy (non-hydrogen) atoms. The minimum atomic E-state index is -4.74. The number of alkyl halides is 3. The van der Waals surface area contributed by atoms with Gasteiger partial charge in [-0.25, -0.2) is 14.5 Å². The predicted molar refractivity (Wildman–Crippen MR) is 166 cm³/mol. The Labute approximate surface area is 257 Å². The van der Waals surface area contributed by atoms with Crippen LogP contribution in [0.5, 0.6) is 5.75 Å². The van der Waals surface area contributed by atoms with Crippen LogP contribution in [-0.4, -0.2) is 50.7 Å². The third kappa shape index (κ3) is 6.91. The van der Waals surface area contributed by atoms with Crippen LogP contribution in [0, 0.1) is 6.92 Å². The maximum atomic E-state index is 12.9. The number of benzene rings is 3. The molecule has 1 saturated carbocycles. The minimum Gasteiger partial charge on any atom is -0.406 e. The summed E-state index contributed by atoms with van der Waals surface area (Å²) < 4.78 is 42.7. The van der Waals surface area contributed by atoms with Crippen molar-refractivity contribution in [3.05, 3.63) is 89.7 Å². The lowest BCUT2D eigenvalue weighted by Crippen LogP contribution is -2.29. The van der Waals surface area contributed by atoms with E-state index in [0.29, 0.717) is 11.5 Å². The van der Waals surface area contributed by atoms with Crippen molar-refractivity contribution in [2.24, 2.45) is 4.99 Å². The zero-order chi connectivity index (χ0) is 30.8. The van der Waals surface area contributed by atoms with Gasteiger partial charge in [0.05, 0.1) is 5.69 Å². The molecule has 2 aliphatic rings. The molecule has 8 nitrogen and oxygen atoms in total. The van der Waals surface area contributed by atoms with E-state index in [1.807, 2.05) is 24.3 Å². The van der Waals surface area contributed by atoms with Crippen LogP contribution in [0.25, 0.3) is 17.1 Å². The minimum absolute atomic E-state index is 0.0220. The number of carbonyl (C=O) groups is 1. The van der Waals surface area contributed by atoms with E-state index in [-0.39, 0.29) is 23.7 Å². The molecule has 2 unspecified atom stereocenters. The van der Waals surface area contributed by atoms with Crippen molar-refractivity contribution in [3.63, 3.8) is 0 Å². The number of hydrogen-bond acceptors (Lipinski definition) is 5. The van der Waals surface area contributed by atoms with E-state index in [0.717, 1.165) is 53.5 Å². The first-order valence-electron chi connectivity index (χ1n) is 14.4. The van der Waals surface area contributed by atoms with Gasteiger partial charge in [0.2, 0.25) is 0 Å². The van der Waals surface area contributed by atoms with Gasteiger partial charge < -0.3 is 15.0 Å². The smallest absolute Gasteiger partial charge is 0.406 e. The predicted octanol–water partition coefficient (Wildman–Crippen LogP) is 7.27. The van der Waals surface area contributed by atoms with Crippen LogP contribution in [0.3, 0.4) is 0 Å². The third-order valence-electron chi connectivity index (χ3n) is 7.55. The number of rotatable bonds is 8. The third-order valence-corrected chi connectivity index (χ3v) is 8.50. The standard InChI is InChI=1S/C32H31F3N6O2S/c1-3-4-22-6-5-20(2)17-28(22)40-15-16-44-31(40)38-30(42)37-27-18-26(27)21-7-9-23(10-8-21)29-36-19-41(39-29)24-11-13-25(14-12-24)43-32(33,34)35/h5-14,17,19,26-27H,3-4,15-16,18H2,1-2H3,(H,37,42)/b38-31-. The van der Waals surface area contributed by atoms with Crippen LogP contribution in [0.4, 0.5) is 23.7 Å². The molecule has 1 saturated heterocycles. The van der Waals surface area contributed by atoms with Crippen LogP contribution >= 0.6 is 11.8 Å². The zero-order valence-corrected chi connectivity index (χ0v) is 25.0. The van der Waals surface area contributed by atoms with Gasteiger partial charge in [-0.05, 0) is 66.8 Å². The van der Waals surface area contributed by atoms with Gasteiger partial charge in [0.1, 0.15) is 12.1 Å². The Bertz CT molecular complexity index is 1670. The van der Waals surface area contributed by atoms with Gasteiger partial charge in [0, 0.05) is 35.5 Å². The van der Waals surface area contributed by atoms with E-state index in [1.165, 1.54) is 46.4 Å². The summed E-state index contributed by atoms with van der Waals surface area (Å²) in [7, 11) is 0. The second kappa shape index (κ2) is 12.4. The Morgan fingerprint density at radius 3 is 2.61 bits per heavy atom. The quantitative estimate of drug-likeness (QED) is 0.223. The first-order valence-corrected chi connectivity index (χ1v) is 15.4. The average molecular weight is 621 g/mol. The Morgan fingerprint density at radius 2 is 1.89 bits per heavy atom. The lowest BCUT2D eigenvalue weighted by Gasteiger charge is -2.22. The number of nitrogens with one attached hydrogen (secondary N) is 1. The fourth-order valence-corrected chi connectivity index (χ4v) is 6.27. The molecule has 2 atom stereocenters. The van der Waals surface area contributed by atoms with Crippen molar-refractivity contribution in [3.8, 4) is 22.8 Å². The van der Waals surface area contributed by atoms with Crippen LogP contribution < -0.4 is 15.0 Å².